The molecule has 1 aromatic carbocycles. The van der Waals surface area contributed by atoms with E-state index in [1.807, 2.05) is 30.3 Å². The van der Waals surface area contributed by atoms with E-state index >= 15 is 0 Å². The van der Waals surface area contributed by atoms with Crippen molar-refractivity contribution in [2.45, 2.75) is 18.8 Å². The second-order valence-corrected chi connectivity index (χ2v) is 4.98. The Morgan fingerprint density at radius 3 is 2.40 bits per heavy atom. The van der Waals surface area contributed by atoms with Gasteiger partial charge in [-0.1, -0.05) is 30.3 Å². The van der Waals surface area contributed by atoms with Gasteiger partial charge >= 0.3 is 0 Å². The lowest BCUT2D eigenvalue weighted by Gasteiger charge is -2.28. The van der Waals surface area contributed by atoms with E-state index in [1.165, 1.54) is 0 Å². The Labute approximate surface area is 118 Å². The average Bonchev–Trinajstić information content (AvgIpc) is 2.48. The molecule has 1 aliphatic heterocycles. The van der Waals surface area contributed by atoms with Crippen LogP contribution in [-0.4, -0.2) is 43.0 Å². The number of primary amides is 1. The number of carbonyl (C=O) groups is 2. The third-order valence-corrected chi connectivity index (χ3v) is 3.50. The van der Waals surface area contributed by atoms with Crippen molar-refractivity contribution >= 4 is 11.8 Å². The van der Waals surface area contributed by atoms with E-state index < -0.39 is 0 Å². The molecular weight excluding hydrogens is 256 g/mol. The van der Waals surface area contributed by atoms with Crippen molar-refractivity contribution in [3.63, 3.8) is 0 Å². The largest absolute Gasteiger partial charge is 0.378 e. The minimum Gasteiger partial charge on any atom is -0.378 e. The maximum Gasteiger partial charge on any atom is 0.223 e. The molecule has 0 saturated carbocycles. The molecule has 0 unspecified atom stereocenters. The highest BCUT2D eigenvalue weighted by Gasteiger charge is 2.23. The molecule has 0 aromatic heterocycles. The van der Waals surface area contributed by atoms with Gasteiger partial charge in [0.25, 0.3) is 0 Å². The van der Waals surface area contributed by atoms with E-state index in [4.69, 9.17) is 10.5 Å². The number of benzene rings is 1. The van der Waals surface area contributed by atoms with Crippen LogP contribution < -0.4 is 5.73 Å². The van der Waals surface area contributed by atoms with E-state index in [2.05, 4.69) is 0 Å². The predicted octanol–water partition coefficient (Wildman–Crippen LogP) is 0.894. The molecule has 1 heterocycles. The van der Waals surface area contributed by atoms with Crippen molar-refractivity contribution in [2.24, 2.45) is 5.73 Å². The number of ether oxygens (including phenoxy) is 1. The van der Waals surface area contributed by atoms with Gasteiger partial charge in [0.1, 0.15) is 0 Å². The first-order chi connectivity index (χ1) is 9.66. The van der Waals surface area contributed by atoms with E-state index in [-0.39, 0.29) is 24.2 Å². The first-order valence-electron chi connectivity index (χ1n) is 6.85. The van der Waals surface area contributed by atoms with Gasteiger partial charge in [0, 0.05) is 31.8 Å². The van der Waals surface area contributed by atoms with Crippen LogP contribution in [0.25, 0.3) is 0 Å². The number of hydrogen-bond acceptors (Lipinski definition) is 3. The van der Waals surface area contributed by atoms with Gasteiger partial charge in [0.2, 0.25) is 11.8 Å². The third-order valence-electron chi connectivity index (χ3n) is 3.50. The zero-order valence-electron chi connectivity index (χ0n) is 11.5. The SMILES string of the molecule is NC(=O)C[C@H](CC(=O)N1CCOCC1)c1ccccc1. The third kappa shape index (κ3) is 4.06. The summed E-state index contributed by atoms with van der Waals surface area (Å²) in [5.41, 5.74) is 6.28. The molecule has 0 spiro atoms. The fourth-order valence-corrected chi connectivity index (χ4v) is 2.43. The predicted molar refractivity (Wildman–Crippen MR) is 75.0 cm³/mol. The summed E-state index contributed by atoms with van der Waals surface area (Å²) in [5, 5.41) is 0. The minimum atomic E-state index is -0.381. The molecule has 0 radical (unpaired) electrons. The van der Waals surface area contributed by atoms with E-state index in [1.54, 1.807) is 4.90 Å². The molecular formula is C15H20N2O3. The summed E-state index contributed by atoms with van der Waals surface area (Å²) in [6.45, 7) is 2.41. The molecule has 0 aliphatic carbocycles. The van der Waals surface area contributed by atoms with Gasteiger partial charge in [-0.05, 0) is 5.56 Å². The maximum absolute atomic E-state index is 12.3. The van der Waals surface area contributed by atoms with E-state index in [0.717, 1.165) is 5.56 Å². The molecule has 5 nitrogen and oxygen atoms in total. The Balaban J connectivity index is 2.03. The fraction of sp³-hybridized carbons (Fsp3) is 0.467. The molecule has 1 aromatic rings. The van der Waals surface area contributed by atoms with Gasteiger partial charge in [0.15, 0.2) is 0 Å². The number of rotatable bonds is 5. The van der Waals surface area contributed by atoms with Gasteiger partial charge in [-0.25, -0.2) is 0 Å². The summed E-state index contributed by atoms with van der Waals surface area (Å²) in [6.07, 6.45) is 0.507. The first-order valence-corrected chi connectivity index (χ1v) is 6.85. The molecule has 5 heteroatoms. The van der Waals surface area contributed by atoms with Crippen molar-refractivity contribution < 1.29 is 14.3 Å². The highest BCUT2D eigenvalue weighted by atomic mass is 16.5. The normalized spacial score (nSPS) is 16.7. The van der Waals surface area contributed by atoms with Gasteiger partial charge in [-0.3, -0.25) is 9.59 Å². The van der Waals surface area contributed by atoms with Crippen LogP contribution in [0.15, 0.2) is 30.3 Å². The van der Waals surface area contributed by atoms with Crippen molar-refractivity contribution in [1.82, 2.24) is 4.90 Å². The van der Waals surface area contributed by atoms with E-state index in [9.17, 15) is 9.59 Å². The first kappa shape index (κ1) is 14.5. The number of nitrogens with zero attached hydrogens (tertiary/aromatic N) is 1. The zero-order chi connectivity index (χ0) is 14.4. The smallest absolute Gasteiger partial charge is 0.223 e. The Morgan fingerprint density at radius 1 is 1.15 bits per heavy atom. The summed E-state index contributed by atoms with van der Waals surface area (Å²) in [6, 6.07) is 9.58. The van der Waals surface area contributed by atoms with Crippen LogP contribution in [0.2, 0.25) is 0 Å². The Morgan fingerprint density at radius 2 is 1.80 bits per heavy atom. The Hall–Kier alpha value is -1.88. The second kappa shape index (κ2) is 7.05. The lowest BCUT2D eigenvalue weighted by atomic mass is 9.91. The molecule has 0 bridgehead atoms. The van der Waals surface area contributed by atoms with Crippen molar-refractivity contribution in [3.8, 4) is 0 Å². The van der Waals surface area contributed by atoms with Crippen LogP contribution in [-0.2, 0) is 14.3 Å². The number of morpholine rings is 1. The zero-order valence-corrected chi connectivity index (χ0v) is 11.5. The molecule has 1 saturated heterocycles. The Kier molecular flexibility index (Phi) is 5.12. The summed E-state index contributed by atoms with van der Waals surface area (Å²) < 4.78 is 5.24. The fourth-order valence-electron chi connectivity index (χ4n) is 2.43. The molecule has 2 N–H and O–H groups in total. The standard InChI is InChI=1S/C15H20N2O3/c16-14(18)10-13(12-4-2-1-3-5-12)11-15(19)17-6-8-20-9-7-17/h1-5,13H,6-11H2,(H2,16,18)/t13-/m1/s1. The van der Waals surface area contributed by atoms with Gasteiger partial charge in [-0.2, -0.15) is 0 Å². The topological polar surface area (TPSA) is 72.6 Å². The number of hydrogen-bond donors (Lipinski definition) is 1. The summed E-state index contributed by atoms with van der Waals surface area (Å²) in [4.78, 5) is 25.3. The van der Waals surface area contributed by atoms with Gasteiger partial charge in [-0.15, -0.1) is 0 Å². The van der Waals surface area contributed by atoms with Gasteiger partial charge in [0.05, 0.1) is 13.2 Å². The number of nitrogens with two attached hydrogens (primary N) is 1. The Bertz CT molecular complexity index is 455. The molecule has 1 fully saturated rings. The summed E-state index contributed by atoms with van der Waals surface area (Å²) in [7, 11) is 0. The van der Waals surface area contributed by atoms with Crippen LogP contribution in [0.5, 0.6) is 0 Å². The lowest BCUT2D eigenvalue weighted by Crippen LogP contribution is -2.41. The highest BCUT2D eigenvalue weighted by molar-refractivity contribution is 5.80. The van der Waals surface area contributed by atoms with Crippen molar-refractivity contribution in [1.29, 1.82) is 0 Å². The van der Waals surface area contributed by atoms with Gasteiger partial charge < -0.3 is 15.4 Å². The highest BCUT2D eigenvalue weighted by Crippen LogP contribution is 2.24. The van der Waals surface area contributed by atoms with Crippen LogP contribution in [0.4, 0.5) is 0 Å². The quantitative estimate of drug-likeness (QED) is 0.868. The molecule has 20 heavy (non-hydrogen) atoms. The van der Waals surface area contributed by atoms with Crippen LogP contribution >= 0.6 is 0 Å². The summed E-state index contributed by atoms with van der Waals surface area (Å²) >= 11 is 0. The molecule has 1 aliphatic rings. The van der Waals surface area contributed by atoms with Crippen molar-refractivity contribution in [2.75, 3.05) is 26.3 Å². The average molecular weight is 276 g/mol. The molecule has 108 valence electrons. The molecule has 2 amide bonds. The second-order valence-electron chi connectivity index (χ2n) is 4.98. The summed E-state index contributed by atoms with van der Waals surface area (Å²) in [5.74, 6) is -0.471. The van der Waals surface area contributed by atoms with Crippen LogP contribution in [0.1, 0.15) is 24.3 Å². The lowest BCUT2D eigenvalue weighted by molar-refractivity contribution is -0.135. The monoisotopic (exact) mass is 276 g/mol. The van der Waals surface area contributed by atoms with E-state index in [0.29, 0.717) is 32.7 Å². The van der Waals surface area contributed by atoms with Crippen LogP contribution in [0.3, 0.4) is 0 Å². The van der Waals surface area contributed by atoms with Crippen molar-refractivity contribution in [3.05, 3.63) is 35.9 Å². The molecule has 1 atom stereocenters. The minimum absolute atomic E-state index is 0.0587. The number of amides is 2. The van der Waals surface area contributed by atoms with Crippen LogP contribution in [0, 0.1) is 0 Å². The maximum atomic E-state index is 12.3. The molecule has 2 rings (SSSR count). The number of carbonyl (C=O) groups excluding carboxylic acids is 2.